The standard InChI is InChI=1S/C19H18F2N4/c20-14-3-4-18(21)17(12-14)19-2-1-8-24(19)15-6-10-25-16(13-15)5-9-23(25)11-7-22/h3-6,10,12-13,19H,1-2,8-9,11H2/t19-/m1/s1. The van der Waals surface area contributed by atoms with Crippen LogP contribution >= 0.6 is 0 Å². The number of fused-ring (bicyclic) bond motifs is 1. The smallest absolute Gasteiger partial charge is 0.128 e. The maximum Gasteiger partial charge on any atom is 0.128 e. The minimum Gasteiger partial charge on any atom is -0.364 e. The average molecular weight is 340 g/mol. The molecule has 3 aliphatic rings. The summed E-state index contributed by atoms with van der Waals surface area (Å²) in [4.78, 5) is 2.14. The quantitative estimate of drug-likeness (QED) is 0.789. The average Bonchev–Trinajstić information content (AvgIpc) is 3.24. The van der Waals surface area contributed by atoms with Crippen molar-refractivity contribution in [3.8, 4) is 6.07 Å². The van der Waals surface area contributed by atoms with E-state index in [0.29, 0.717) is 18.7 Å². The predicted octanol–water partition coefficient (Wildman–Crippen LogP) is 3.45. The molecular weight excluding hydrogens is 322 g/mol. The van der Waals surface area contributed by atoms with Gasteiger partial charge in [0.25, 0.3) is 0 Å². The SMILES string of the molecule is N#CCN1CC=C2C=C(N3CCC[C@@H]3c3cc(F)ccc3F)C=CN21. The molecule has 0 spiro atoms. The van der Waals surface area contributed by atoms with Crippen molar-refractivity contribution in [2.24, 2.45) is 0 Å². The summed E-state index contributed by atoms with van der Waals surface area (Å²) in [6.07, 6.45) is 9.76. The van der Waals surface area contributed by atoms with Crippen LogP contribution in [0, 0.1) is 23.0 Å². The van der Waals surface area contributed by atoms with Gasteiger partial charge in [0.05, 0.1) is 17.8 Å². The number of rotatable bonds is 3. The minimum atomic E-state index is -0.409. The first-order chi connectivity index (χ1) is 12.2. The second-order valence-corrected chi connectivity index (χ2v) is 6.38. The van der Waals surface area contributed by atoms with Gasteiger partial charge in [-0.25, -0.2) is 8.78 Å². The third kappa shape index (κ3) is 2.81. The van der Waals surface area contributed by atoms with Gasteiger partial charge in [0.15, 0.2) is 0 Å². The first-order valence-electron chi connectivity index (χ1n) is 8.40. The van der Waals surface area contributed by atoms with Gasteiger partial charge in [-0.1, -0.05) is 0 Å². The topological polar surface area (TPSA) is 33.5 Å². The molecule has 0 aliphatic carbocycles. The number of benzene rings is 1. The Bertz CT molecular complexity index is 821. The van der Waals surface area contributed by atoms with E-state index in [1.165, 1.54) is 12.1 Å². The Balaban J connectivity index is 1.60. The summed E-state index contributed by atoms with van der Waals surface area (Å²) in [7, 11) is 0. The van der Waals surface area contributed by atoms with E-state index >= 15 is 0 Å². The Kier molecular flexibility index (Phi) is 4.02. The fourth-order valence-corrected chi connectivity index (χ4v) is 3.77. The Labute approximate surface area is 145 Å². The van der Waals surface area contributed by atoms with E-state index in [4.69, 9.17) is 5.26 Å². The zero-order valence-electron chi connectivity index (χ0n) is 13.7. The number of hydrazine groups is 1. The van der Waals surface area contributed by atoms with Gasteiger partial charge in [-0.3, -0.25) is 5.01 Å². The van der Waals surface area contributed by atoms with Gasteiger partial charge < -0.3 is 4.90 Å². The van der Waals surface area contributed by atoms with Gasteiger partial charge in [-0.05, 0) is 49.3 Å². The zero-order chi connectivity index (χ0) is 17.4. The van der Waals surface area contributed by atoms with E-state index in [1.54, 1.807) is 0 Å². The van der Waals surface area contributed by atoms with Crippen molar-refractivity contribution in [1.82, 2.24) is 14.9 Å². The van der Waals surface area contributed by atoms with Crippen molar-refractivity contribution in [2.75, 3.05) is 19.6 Å². The molecule has 4 rings (SSSR count). The number of nitrogens with zero attached hydrogens (tertiary/aromatic N) is 4. The highest BCUT2D eigenvalue weighted by Gasteiger charge is 2.31. The van der Waals surface area contributed by atoms with Crippen molar-refractivity contribution in [1.29, 1.82) is 5.26 Å². The Morgan fingerprint density at radius 1 is 1.24 bits per heavy atom. The molecule has 0 bridgehead atoms. The maximum absolute atomic E-state index is 14.2. The van der Waals surface area contributed by atoms with Crippen LogP contribution in [-0.2, 0) is 0 Å². The van der Waals surface area contributed by atoms with Crippen molar-refractivity contribution >= 4 is 0 Å². The third-order valence-corrected chi connectivity index (χ3v) is 4.92. The van der Waals surface area contributed by atoms with E-state index < -0.39 is 5.82 Å². The second-order valence-electron chi connectivity index (χ2n) is 6.38. The molecule has 1 saturated heterocycles. The normalized spacial score (nSPS) is 22.7. The van der Waals surface area contributed by atoms with Crippen LogP contribution in [0.4, 0.5) is 8.78 Å². The molecule has 1 fully saturated rings. The summed E-state index contributed by atoms with van der Waals surface area (Å²) in [5.41, 5.74) is 2.42. The molecule has 0 saturated carbocycles. The summed E-state index contributed by atoms with van der Waals surface area (Å²) >= 11 is 0. The lowest BCUT2D eigenvalue weighted by molar-refractivity contribution is 0.111. The molecule has 3 heterocycles. The Hall–Kier alpha value is -2.65. The Morgan fingerprint density at radius 3 is 2.96 bits per heavy atom. The van der Waals surface area contributed by atoms with E-state index in [-0.39, 0.29) is 11.9 Å². The van der Waals surface area contributed by atoms with Crippen LogP contribution in [0.3, 0.4) is 0 Å². The fourth-order valence-electron chi connectivity index (χ4n) is 3.77. The van der Waals surface area contributed by atoms with E-state index in [2.05, 4.69) is 17.0 Å². The lowest BCUT2D eigenvalue weighted by Crippen LogP contribution is -2.35. The van der Waals surface area contributed by atoms with Crippen LogP contribution in [0.15, 0.2) is 54.0 Å². The van der Waals surface area contributed by atoms with Gasteiger partial charge in [0.1, 0.15) is 18.2 Å². The molecule has 1 aromatic carbocycles. The summed E-state index contributed by atoms with van der Waals surface area (Å²) < 4.78 is 27.8. The fraction of sp³-hybridized carbons (Fsp3) is 0.316. The molecule has 0 aromatic heterocycles. The largest absolute Gasteiger partial charge is 0.364 e. The molecule has 0 amide bonds. The number of likely N-dealkylation sites (tertiary alicyclic amines) is 1. The second kappa shape index (κ2) is 6.34. The highest BCUT2D eigenvalue weighted by Crippen LogP contribution is 2.38. The predicted molar refractivity (Wildman–Crippen MR) is 89.4 cm³/mol. The van der Waals surface area contributed by atoms with Crippen molar-refractivity contribution in [3.63, 3.8) is 0 Å². The van der Waals surface area contributed by atoms with Gasteiger partial charge in [-0.2, -0.15) is 10.3 Å². The Morgan fingerprint density at radius 2 is 2.12 bits per heavy atom. The molecule has 0 unspecified atom stereocenters. The number of hydrogen-bond donors (Lipinski definition) is 0. The molecule has 4 nitrogen and oxygen atoms in total. The van der Waals surface area contributed by atoms with Crippen LogP contribution < -0.4 is 0 Å². The summed E-state index contributed by atoms with van der Waals surface area (Å²) in [6.45, 7) is 1.83. The van der Waals surface area contributed by atoms with Crippen LogP contribution in [0.2, 0.25) is 0 Å². The van der Waals surface area contributed by atoms with Crippen LogP contribution in [-0.4, -0.2) is 34.6 Å². The number of nitriles is 1. The number of halogens is 2. The molecule has 128 valence electrons. The van der Waals surface area contributed by atoms with Crippen molar-refractivity contribution in [3.05, 3.63) is 71.2 Å². The van der Waals surface area contributed by atoms with E-state index in [0.717, 1.165) is 36.8 Å². The third-order valence-electron chi connectivity index (χ3n) is 4.92. The van der Waals surface area contributed by atoms with Crippen LogP contribution in [0.1, 0.15) is 24.4 Å². The van der Waals surface area contributed by atoms with E-state index in [1.807, 2.05) is 28.4 Å². The van der Waals surface area contributed by atoms with Gasteiger partial charge in [0.2, 0.25) is 0 Å². The van der Waals surface area contributed by atoms with Crippen LogP contribution in [0.25, 0.3) is 0 Å². The van der Waals surface area contributed by atoms with Crippen molar-refractivity contribution < 1.29 is 8.78 Å². The minimum absolute atomic E-state index is 0.157. The number of allylic oxidation sites excluding steroid dienone is 2. The first kappa shape index (κ1) is 15.9. The molecule has 3 aliphatic heterocycles. The summed E-state index contributed by atoms with van der Waals surface area (Å²) in [6, 6.07) is 5.66. The highest BCUT2D eigenvalue weighted by molar-refractivity contribution is 5.38. The van der Waals surface area contributed by atoms with Gasteiger partial charge in [0, 0.05) is 30.5 Å². The zero-order valence-corrected chi connectivity index (χ0v) is 13.7. The number of hydrogen-bond acceptors (Lipinski definition) is 4. The van der Waals surface area contributed by atoms with Gasteiger partial charge >= 0.3 is 0 Å². The summed E-state index contributed by atoms with van der Waals surface area (Å²) in [5.74, 6) is -0.770. The molecular formula is C19H18F2N4. The highest BCUT2D eigenvalue weighted by atomic mass is 19.1. The lowest BCUT2D eigenvalue weighted by atomic mass is 10.0. The van der Waals surface area contributed by atoms with E-state index in [9.17, 15) is 8.78 Å². The van der Waals surface area contributed by atoms with Gasteiger partial charge in [-0.15, -0.1) is 0 Å². The lowest BCUT2D eigenvalue weighted by Gasteiger charge is -2.33. The molecule has 1 aromatic rings. The molecule has 0 radical (unpaired) electrons. The first-order valence-corrected chi connectivity index (χ1v) is 8.40. The van der Waals surface area contributed by atoms with Crippen LogP contribution in [0.5, 0.6) is 0 Å². The molecule has 25 heavy (non-hydrogen) atoms. The van der Waals surface area contributed by atoms with Crippen molar-refractivity contribution in [2.45, 2.75) is 18.9 Å². The monoisotopic (exact) mass is 340 g/mol. The maximum atomic E-state index is 14.2. The molecule has 0 N–H and O–H groups in total. The summed E-state index contributed by atoms with van der Waals surface area (Å²) in [5, 5.41) is 12.8. The molecule has 1 atom stereocenters. The molecule has 6 heteroatoms.